The summed E-state index contributed by atoms with van der Waals surface area (Å²) in [5, 5.41) is 6.69. The number of nitrogens with zero attached hydrogens (tertiary/aromatic N) is 1. The molecule has 2 atom stereocenters. The van der Waals surface area contributed by atoms with E-state index in [4.69, 9.17) is 0 Å². The van der Waals surface area contributed by atoms with Crippen molar-refractivity contribution in [1.29, 1.82) is 0 Å². The number of amides is 1. The van der Waals surface area contributed by atoms with E-state index in [0.29, 0.717) is 6.54 Å². The maximum Gasteiger partial charge on any atom is 0.234 e. The molecular weight excluding hydrogens is 382 g/mol. The fourth-order valence-corrected chi connectivity index (χ4v) is 4.24. The molecule has 0 spiro atoms. The van der Waals surface area contributed by atoms with Gasteiger partial charge in [-0.2, -0.15) is 0 Å². The molecule has 0 unspecified atom stereocenters. The minimum atomic E-state index is -0.00860. The topological polar surface area (TPSA) is 44.4 Å². The third kappa shape index (κ3) is 6.03. The average molecular weight is 414 g/mol. The van der Waals surface area contributed by atoms with E-state index in [9.17, 15) is 4.79 Å². The Bertz CT molecular complexity index is 957. The van der Waals surface area contributed by atoms with E-state index in [-0.39, 0.29) is 18.0 Å². The van der Waals surface area contributed by atoms with Gasteiger partial charge in [0.05, 0.1) is 12.6 Å². The average Bonchev–Trinajstić information content (AvgIpc) is 3.23. The van der Waals surface area contributed by atoms with Crippen molar-refractivity contribution in [3.63, 3.8) is 0 Å². The molecule has 0 saturated carbocycles. The first-order chi connectivity index (χ1) is 15.2. The van der Waals surface area contributed by atoms with Crippen LogP contribution in [0.15, 0.2) is 84.9 Å². The first-order valence-corrected chi connectivity index (χ1v) is 11.1. The molecular formula is C27H31N3O. The molecule has 0 radical (unpaired) electrons. The number of carbonyl (C=O) groups is 1. The number of hydrogen-bond acceptors (Lipinski definition) is 3. The van der Waals surface area contributed by atoms with E-state index >= 15 is 0 Å². The number of nitrogens with one attached hydrogen (secondary N) is 2. The van der Waals surface area contributed by atoms with Crippen molar-refractivity contribution < 1.29 is 4.79 Å². The van der Waals surface area contributed by atoms with Crippen LogP contribution in [-0.4, -0.2) is 36.5 Å². The number of hydrogen-bond donors (Lipinski definition) is 2. The van der Waals surface area contributed by atoms with Crippen LogP contribution in [0, 0.1) is 6.92 Å². The van der Waals surface area contributed by atoms with Crippen LogP contribution < -0.4 is 10.6 Å². The second kappa shape index (κ2) is 10.4. The fraction of sp³-hybridized carbons (Fsp3) is 0.296. The van der Waals surface area contributed by atoms with Gasteiger partial charge in [0, 0.05) is 25.7 Å². The lowest BCUT2D eigenvalue weighted by molar-refractivity contribution is -0.120. The Kier molecular flexibility index (Phi) is 7.13. The Morgan fingerprint density at radius 1 is 0.935 bits per heavy atom. The van der Waals surface area contributed by atoms with Gasteiger partial charge in [0.1, 0.15) is 0 Å². The molecule has 1 aliphatic heterocycles. The van der Waals surface area contributed by atoms with Crippen molar-refractivity contribution in [2.75, 3.05) is 19.6 Å². The molecule has 0 aromatic heterocycles. The second-order valence-corrected chi connectivity index (χ2v) is 8.41. The molecule has 2 N–H and O–H groups in total. The van der Waals surface area contributed by atoms with Gasteiger partial charge in [0.25, 0.3) is 0 Å². The summed E-state index contributed by atoms with van der Waals surface area (Å²) in [5.74, 6) is 0.0552. The van der Waals surface area contributed by atoms with Crippen molar-refractivity contribution in [2.24, 2.45) is 0 Å². The van der Waals surface area contributed by atoms with Crippen molar-refractivity contribution in [2.45, 2.75) is 32.0 Å². The number of benzene rings is 3. The van der Waals surface area contributed by atoms with Crippen LogP contribution in [0.4, 0.5) is 0 Å². The van der Waals surface area contributed by atoms with Crippen LogP contribution in [0.3, 0.4) is 0 Å². The molecule has 31 heavy (non-hydrogen) atoms. The molecule has 4 heteroatoms. The lowest BCUT2D eigenvalue weighted by atomic mass is 9.98. The van der Waals surface area contributed by atoms with Crippen molar-refractivity contribution in [3.8, 4) is 0 Å². The highest BCUT2D eigenvalue weighted by Gasteiger charge is 2.24. The molecule has 1 heterocycles. The van der Waals surface area contributed by atoms with E-state index in [1.54, 1.807) is 0 Å². The van der Waals surface area contributed by atoms with Gasteiger partial charge >= 0.3 is 0 Å². The fourth-order valence-electron chi connectivity index (χ4n) is 4.24. The molecule has 4 nitrogen and oxygen atoms in total. The summed E-state index contributed by atoms with van der Waals surface area (Å²) >= 11 is 0. The molecule has 4 rings (SSSR count). The van der Waals surface area contributed by atoms with Gasteiger partial charge in [-0.3, -0.25) is 15.0 Å². The Labute approximate surface area is 185 Å². The van der Waals surface area contributed by atoms with Crippen LogP contribution in [0.2, 0.25) is 0 Å². The Morgan fingerprint density at radius 2 is 1.58 bits per heavy atom. The highest BCUT2D eigenvalue weighted by Crippen LogP contribution is 2.22. The van der Waals surface area contributed by atoms with Gasteiger partial charge in [-0.15, -0.1) is 0 Å². The number of carbonyl (C=O) groups excluding carboxylic acids is 1. The Balaban J connectivity index is 1.31. The van der Waals surface area contributed by atoms with E-state index in [1.165, 1.54) is 16.7 Å². The van der Waals surface area contributed by atoms with Crippen LogP contribution in [-0.2, 0) is 11.3 Å². The van der Waals surface area contributed by atoms with Crippen LogP contribution in [0.1, 0.15) is 34.7 Å². The Hall–Kier alpha value is -2.95. The molecule has 3 aromatic carbocycles. The standard InChI is InChI=1S/C27H31N3O/c1-21-12-14-24(15-13-21)27(23-10-6-3-7-11-23)28-18-26(31)29-25-16-17-30(20-25)19-22-8-4-2-5-9-22/h2-15,25,27-28H,16-20H2,1H3,(H,29,31)/t25-,27+/m1/s1. The highest BCUT2D eigenvalue weighted by molar-refractivity contribution is 5.78. The maximum absolute atomic E-state index is 12.7. The monoisotopic (exact) mass is 413 g/mol. The molecule has 0 bridgehead atoms. The second-order valence-electron chi connectivity index (χ2n) is 8.41. The summed E-state index contributed by atoms with van der Waals surface area (Å²) in [6.07, 6.45) is 0.999. The summed E-state index contributed by atoms with van der Waals surface area (Å²) in [7, 11) is 0. The predicted molar refractivity (Wildman–Crippen MR) is 126 cm³/mol. The summed E-state index contributed by atoms with van der Waals surface area (Å²) in [6.45, 7) is 5.24. The third-order valence-corrected chi connectivity index (χ3v) is 5.90. The SMILES string of the molecule is Cc1ccc([C@@H](NCC(=O)N[C@@H]2CCN(Cc3ccccc3)C2)c2ccccc2)cc1. The molecule has 0 aliphatic carbocycles. The normalized spacial score (nSPS) is 17.4. The van der Waals surface area contributed by atoms with E-state index in [0.717, 1.165) is 31.6 Å². The van der Waals surface area contributed by atoms with Crippen LogP contribution in [0.25, 0.3) is 0 Å². The third-order valence-electron chi connectivity index (χ3n) is 5.90. The van der Waals surface area contributed by atoms with Crippen molar-refractivity contribution >= 4 is 5.91 Å². The lowest BCUT2D eigenvalue weighted by Gasteiger charge is -2.21. The van der Waals surface area contributed by atoms with Gasteiger partial charge in [-0.05, 0) is 30.0 Å². The van der Waals surface area contributed by atoms with E-state index in [2.05, 4.69) is 83.1 Å². The highest BCUT2D eigenvalue weighted by atomic mass is 16.2. The maximum atomic E-state index is 12.7. The minimum absolute atomic E-state index is 0.00860. The zero-order valence-electron chi connectivity index (χ0n) is 18.1. The molecule has 3 aromatic rings. The first kappa shape index (κ1) is 21.3. The number of rotatable bonds is 8. The quantitative estimate of drug-likeness (QED) is 0.585. The molecule has 1 aliphatic rings. The zero-order chi connectivity index (χ0) is 21.5. The summed E-state index contributed by atoms with van der Waals surface area (Å²) < 4.78 is 0. The predicted octanol–water partition coefficient (Wildman–Crippen LogP) is 4.06. The van der Waals surface area contributed by atoms with Crippen LogP contribution >= 0.6 is 0 Å². The molecule has 1 saturated heterocycles. The smallest absolute Gasteiger partial charge is 0.234 e. The van der Waals surface area contributed by atoms with Crippen molar-refractivity contribution in [3.05, 3.63) is 107 Å². The summed E-state index contributed by atoms with van der Waals surface area (Å²) in [5.41, 5.74) is 4.88. The van der Waals surface area contributed by atoms with Gasteiger partial charge < -0.3 is 5.32 Å². The van der Waals surface area contributed by atoms with E-state index < -0.39 is 0 Å². The van der Waals surface area contributed by atoms with Crippen molar-refractivity contribution in [1.82, 2.24) is 15.5 Å². The zero-order valence-corrected chi connectivity index (χ0v) is 18.1. The van der Waals surface area contributed by atoms with Gasteiger partial charge in [0.15, 0.2) is 0 Å². The summed E-state index contributed by atoms with van der Waals surface area (Å²) in [6, 6.07) is 29.5. The number of likely N-dealkylation sites (tertiary alicyclic amines) is 1. The van der Waals surface area contributed by atoms with Crippen LogP contribution in [0.5, 0.6) is 0 Å². The molecule has 160 valence electrons. The molecule has 1 fully saturated rings. The van der Waals surface area contributed by atoms with Gasteiger partial charge in [0.2, 0.25) is 5.91 Å². The number of aryl methyl sites for hydroxylation is 1. The Morgan fingerprint density at radius 3 is 2.29 bits per heavy atom. The van der Waals surface area contributed by atoms with E-state index in [1.807, 2.05) is 24.3 Å². The largest absolute Gasteiger partial charge is 0.351 e. The van der Waals surface area contributed by atoms with Gasteiger partial charge in [-0.1, -0.05) is 90.5 Å². The minimum Gasteiger partial charge on any atom is -0.351 e. The lowest BCUT2D eigenvalue weighted by Crippen LogP contribution is -2.42. The molecule has 1 amide bonds. The van der Waals surface area contributed by atoms with Gasteiger partial charge in [-0.25, -0.2) is 0 Å². The first-order valence-electron chi connectivity index (χ1n) is 11.1. The summed E-state index contributed by atoms with van der Waals surface area (Å²) in [4.78, 5) is 15.1.